The number of halogens is 2. The molecule has 0 N–H and O–H groups in total. The number of carbonyl (C=O) groups excluding carboxylic acids is 2. The Morgan fingerprint density at radius 1 is 0.838 bits per heavy atom. The van der Waals surface area contributed by atoms with Gasteiger partial charge in [0.1, 0.15) is 0 Å². The van der Waals surface area contributed by atoms with E-state index in [9.17, 15) is 9.59 Å². The number of hydrogen-bond donors (Lipinski definition) is 0. The van der Waals surface area contributed by atoms with E-state index >= 15 is 0 Å². The molecule has 37 heavy (non-hydrogen) atoms. The molecule has 0 bridgehead atoms. The van der Waals surface area contributed by atoms with Crippen molar-refractivity contribution in [1.29, 1.82) is 0 Å². The van der Waals surface area contributed by atoms with Gasteiger partial charge in [-0.05, 0) is 71.6 Å². The highest BCUT2D eigenvalue weighted by Gasteiger charge is 2.30. The molecule has 7 heteroatoms. The number of likely N-dealkylation sites (tertiary alicyclic amines) is 1. The van der Waals surface area contributed by atoms with E-state index < -0.39 is 0 Å². The summed E-state index contributed by atoms with van der Waals surface area (Å²) in [5.74, 6) is -0.213. The second-order valence-electron chi connectivity index (χ2n) is 8.89. The summed E-state index contributed by atoms with van der Waals surface area (Å²) in [4.78, 5) is 33.7. The summed E-state index contributed by atoms with van der Waals surface area (Å²) in [7, 11) is 0. The summed E-state index contributed by atoms with van der Waals surface area (Å²) in [6.07, 6.45) is 4.43. The van der Waals surface area contributed by atoms with Crippen molar-refractivity contribution in [3.8, 4) is 0 Å². The van der Waals surface area contributed by atoms with Crippen molar-refractivity contribution in [3.05, 3.63) is 115 Å². The molecule has 0 spiro atoms. The Kier molecular flexibility index (Phi) is 8.23. The van der Waals surface area contributed by atoms with Gasteiger partial charge < -0.3 is 4.90 Å². The standard InChI is InChI=1S/C30H24Br2N2O2S/c31-24-12-8-21(9-13-24)26(28-29(36)33-30(37-28)34-16-4-5-17-34)18-23(20-6-2-1-3-7-20)19-27(35)22-10-14-25(32)15-11-22/h1-3,6-15,18H,4-5,16-17,19H2/b23-18+,28-26-. The zero-order valence-corrected chi connectivity index (χ0v) is 24.0. The maximum absolute atomic E-state index is 13.3. The van der Waals surface area contributed by atoms with Gasteiger partial charge in [0, 0.05) is 39.6 Å². The van der Waals surface area contributed by atoms with E-state index in [1.807, 2.05) is 84.9 Å². The fraction of sp³-hybridized carbons (Fsp3) is 0.167. The van der Waals surface area contributed by atoms with Crippen LogP contribution in [0.2, 0.25) is 0 Å². The van der Waals surface area contributed by atoms with Gasteiger partial charge in [0.2, 0.25) is 0 Å². The summed E-state index contributed by atoms with van der Waals surface area (Å²) >= 11 is 8.39. The van der Waals surface area contributed by atoms with E-state index in [2.05, 4.69) is 41.8 Å². The first-order valence-corrected chi connectivity index (χ1v) is 14.5. The second kappa shape index (κ2) is 11.8. The molecule has 0 atom stereocenters. The molecule has 0 radical (unpaired) electrons. The first-order valence-electron chi connectivity index (χ1n) is 12.1. The quantitative estimate of drug-likeness (QED) is 0.203. The van der Waals surface area contributed by atoms with Crippen LogP contribution in [0.15, 0.2) is 104 Å². The monoisotopic (exact) mass is 634 g/mol. The molecule has 2 aliphatic heterocycles. The topological polar surface area (TPSA) is 49.7 Å². The van der Waals surface area contributed by atoms with Crippen molar-refractivity contribution in [3.63, 3.8) is 0 Å². The SMILES string of the molecule is O=C1N=C(N2CCCC2)S/C1=C(/C=C(\CC(=O)c1ccc(Br)cc1)c1ccccc1)c1ccc(Br)cc1. The number of allylic oxidation sites excluding steroid dienone is 3. The van der Waals surface area contributed by atoms with Gasteiger partial charge in [0.15, 0.2) is 11.0 Å². The van der Waals surface area contributed by atoms with Crippen LogP contribution >= 0.6 is 43.6 Å². The van der Waals surface area contributed by atoms with Crippen LogP contribution in [0.5, 0.6) is 0 Å². The van der Waals surface area contributed by atoms with Gasteiger partial charge in [-0.15, -0.1) is 0 Å². The predicted molar refractivity (Wildman–Crippen MR) is 159 cm³/mol. The van der Waals surface area contributed by atoms with Crippen LogP contribution in [0, 0.1) is 0 Å². The van der Waals surface area contributed by atoms with Crippen LogP contribution in [0.3, 0.4) is 0 Å². The van der Waals surface area contributed by atoms with E-state index in [0.717, 1.165) is 62.3 Å². The Labute approximate surface area is 237 Å². The number of Topliss-reactive ketones (excluding diaryl/α,β-unsaturated/α-hetero) is 1. The molecule has 1 saturated heterocycles. The highest BCUT2D eigenvalue weighted by atomic mass is 79.9. The van der Waals surface area contributed by atoms with Crippen LogP contribution in [0.25, 0.3) is 11.1 Å². The summed E-state index contributed by atoms with van der Waals surface area (Å²) in [5, 5.41) is 0.771. The van der Waals surface area contributed by atoms with E-state index in [1.54, 1.807) is 0 Å². The van der Waals surface area contributed by atoms with E-state index in [-0.39, 0.29) is 18.1 Å². The molecule has 5 rings (SSSR count). The molecule has 0 aromatic heterocycles. The Bertz CT molecular complexity index is 1410. The van der Waals surface area contributed by atoms with Crippen LogP contribution in [-0.4, -0.2) is 34.8 Å². The lowest BCUT2D eigenvalue weighted by Crippen LogP contribution is -2.23. The van der Waals surface area contributed by atoms with Crippen molar-refractivity contribution in [2.75, 3.05) is 13.1 Å². The summed E-state index contributed by atoms with van der Waals surface area (Å²) in [5.41, 5.74) is 4.12. The first-order chi connectivity index (χ1) is 18.0. The lowest BCUT2D eigenvalue weighted by molar-refractivity contribution is -0.113. The number of rotatable bonds is 6. The van der Waals surface area contributed by atoms with Crippen molar-refractivity contribution in [1.82, 2.24) is 4.90 Å². The van der Waals surface area contributed by atoms with E-state index in [0.29, 0.717) is 10.5 Å². The summed E-state index contributed by atoms with van der Waals surface area (Å²) < 4.78 is 1.88. The number of nitrogens with zero attached hydrogens (tertiary/aromatic N) is 2. The third-order valence-electron chi connectivity index (χ3n) is 6.34. The normalized spacial score (nSPS) is 17.2. The van der Waals surface area contributed by atoms with Crippen molar-refractivity contribution < 1.29 is 9.59 Å². The minimum Gasteiger partial charge on any atom is -0.351 e. The Hall–Kier alpha value is -2.74. The Balaban J connectivity index is 1.59. The molecule has 1 amide bonds. The smallest absolute Gasteiger partial charge is 0.286 e. The highest BCUT2D eigenvalue weighted by molar-refractivity contribution is 9.10. The van der Waals surface area contributed by atoms with Crippen LogP contribution in [0.4, 0.5) is 0 Å². The number of amides is 1. The number of benzene rings is 3. The fourth-order valence-electron chi connectivity index (χ4n) is 4.39. The molecule has 0 saturated carbocycles. The fourth-order valence-corrected chi connectivity index (χ4v) is 5.96. The maximum atomic E-state index is 13.3. The largest absolute Gasteiger partial charge is 0.351 e. The van der Waals surface area contributed by atoms with Crippen molar-refractivity contribution in [2.45, 2.75) is 19.3 Å². The molecule has 1 fully saturated rings. The van der Waals surface area contributed by atoms with Crippen LogP contribution < -0.4 is 0 Å². The third-order valence-corrected chi connectivity index (χ3v) is 8.53. The maximum Gasteiger partial charge on any atom is 0.286 e. The van der Waals surface area contributed by atoms with Gasteiger partial charge in [-0.25, -0.2) is 0 Å². The minimum absolute atomic E-state index is 0.0159. The number of aliphatic imine (C=N–C) groups is 1. The van der Waals surface area contributed by atoms with E-state index in [4.69, 9.17) is 0 Å². The summed E-state index contributed by atoms with van der Waals surface area (Å²) in [6.45, 7) is 1.85. The number of carbonyl (C=O) groups is 2. The number of thioether (sulfide) groups is 1. The third kappa shape index (κ3) is 6.22. The first kappa shape index (κ1) is 25.9. The van der Waals surface area contributed by atoms with Crippen molar-refractivity contribution >= 4 is 71.6 Å². The predicted octanol–water partition coefficient (Wildman–Crippen LogP) is 8.00. The zero-order valence-electron chi connectivity index (χ0n) is 20.0. The molecular weight excluding hydrogens is 612 g/mol. The average molecular weight is 636 g/mol. The minimum atomic E-state index is -0.229. The highest BCUT2D eigenvalue weighted by Crippen LogP contribution is 2.38. The van der Waals surface area contributed by atoms with Gasteiger partial charge in [0.05, 0.1) is 4.91 Å². The number of hydrogen-bond acceptors (Lipinski definition) is 4. The second-order valence-corrected chi connectivity index (χ2v) is 11.7. The molecule has 0 unspecified atom stereocenters. The zero-order chi connectivity index (χ0) is 25.8. The Morgan fingerprint density at radius 3 is 2.05 bits per heavy atom. The molecule has 3 aromatic rings. The molecule has 2 aliphatic rings. The molecule has 4 nitrogen and oxygen atoms in total. The lowest BCUT2D eigenvalue weighted by atomic mass is 9.93. The number of amidine groups is 1. The molecular formula is C30H24Br2N2O2S. The Morgan fingerprint density at radius 2 is 1.43 bits per heavy atom. The average Bonchev–Trinajstić information content (AvgIpc) is 3.58. The van der Waals surface area contributed by atoms with Gasteiger partial charge in [-0.2, -0.15) is 4.99 Å². The van der Waals surface area contributed by atoms with Crippen LogP contribution in [0.1, 0.15) is 40.7 Å². The lowest BCUT2D eigenvalue weighted by Gasteiger charge is -2.16. The van der Waals surface area contributed by atoms with Crippen molar-refractivity contribution in [2.24, 2.45) is 4.99 Å². The molecule has 0 aliphatic carbocycles. The molecule has 2 heterocycles. The van der Waals surface area contributed by atoms with Crippen LogP contribution in [-0.2, 0) is 4.79 Å². The van der Waals surface area contributed by atoms with Gasteiger partial charge >= 0.3 is 0 Å². The van der Waals surface area contributed by atoms with E-state index in [1.165, 1.54) is 11.8 Å². The van der Waals surface area contributed by atoms with Gasteiger partial charge in [0.25, 0.3) is 5.91 Å². The summed E-state index contributed by atoms with van der Waals surface area (Å²) in [6, 6.07) is 25.2. The van der Waals surface area contributed by atoms with Gasteiger partial charge in [-0.3, -0.25) is 9.59 Å². The molecule has 3 aromatic carbocycles. The van der Waals surface area contributed by atoms with Gasteiger partial charge in [-0.1, -0.05) is 86.5 Å². The number of ketones is 1. The molecule has 186 valence electrons.